The van der Waals surface area contributed by atoms with E-state index in [-0.39, 0.29) is 30.4 Å². The van der Waals surface area contributed by atoms with Gasteiger partial charge in [-0.25, -0.2) is 0 Å². The van der Waals surface area contributed by atoms with E-state index in [4.69, 9.17) is 4.74 Å². The number of ether oxygens (including phenoxy) is 1. The topological polar surface area (TPSA) is 108 Å². The summed E-state index contributed by atoms with van der Waals surface area (Å²) >= 11 is 0. The Balaban J connectivity index is 1.40. The van der Waals surface area contributed by atoms with Crippen LogP contribution >= 0.6 is 0 Å². The van der Waals surface area contributed by atoms with E-state index in [2.05, 4.69) is 29.7 Å². The largest absolute Gasteiger partial charge is 0.491 e. The first-order chi connectivity index (χ1) is 22.4. The summed E-state index contributed by atoms with van der Waals surface area (Å²) in [7, 11) is 0. The highest BCUT2D eigenvalue weighted by molar-refractivity contribution is 6.01. The maximum absolute atomic E-state index is 14.0. The van der Waals surface area contributed by atoms with Gasteiger partial charge in [-0.05, 0) is 48.4 Å². The highest BCUT2D eigenvalue weighted by Gasteiger charge is 2.34. The van der Waals surface area contributed by atoms with E-state index in [1.807, 2.05) is 48.5 Å². The Morgan fingerprint density at radius 2 is 1.52 bits per heavy atom. The van der Waals surface area contributed by atoms with Crippen LogP contribution in [0.4, 0.5) is 0 Å². The number of hydrogen-bond acceptors (Lipinski definition) is 5. The van der Waals surface area contributed by atoms with E-state index in [0.29, 0.717) is 44.3 Å². The second-order valence-electron chi connectivity index (χ2n) is 12.1. The van der Waals surface area contributed by atoms with Crippen LogP contribution in [0.15, 0.2) is 84.9 Å². The first kappa shape index (κ1) is 32.7. The van der Waals surface area contributed by atoms with Gasteiger partial charge in [-0.3, -0.25) is 19.2 Å². The van der Waals surface area contributed by atoms with Crippen molar-refractivity contribution in [1.82, 2.24) is 20.4 Å². The number of fused-ring (bicyclic) bond motifs is 1. The molecule has 0 spiro atoms. The molecule has 1 fully saturated rings. The quantitative estimate of drug-likeness (QED) is 0.407. The SMILES string of the molecule is CCCCN1CCOc2ccccc2C(=O)N[C@H](C(=O)N2CCC(c3ccccc3)CC2)CC(=O)N[C@@H](Cc2ccccc2)C1=O. The van der Waals surface area contributed by atoms with Crippen LogP contribution in [-0.4, -0.2) is 78.3 Å². The van der Waals surface area contributed by atoms with E-state index >= 15 is 0 Å². The van der Waals surface area contributed by atoms with E-state index in [0.717, 1.165) is 31.2 Å². The van der Waals surface area contributed by atoms with Gasteiger partial charge in [-0.15, -0.1) is 0 Å². The summed E-state index contributed by atoms with van der Waals surface area (Å²) < 4.78 is 6.06. The molecule has 242 valence electrons. The Morgan fingerprint density at radius 1 is 0.848 bits per heavy atom. The van der Waals surface area contributed by atoms with E-state index in [1.54, 1.807) is 34.1 Å². The third-order valence-electron chi connectivity index (χ3n) is 8.83. The molecular weight excluding hydrogens is 580 g/mol. The van der Waals surface area contributed by atoms with Crippen molar-refractivity contribution in [2.45, 2.75) is 63.5 Å². The number of nitrogens with one attached hydrogen (secondary N) is 2. The summed E-state index contributed by atoms with van der Waals surface area (Å²) in [5, 5.41) is 5.78. The Hall–Kier alpha value is -4.66. The molecule has 0 unspecified atom stereocenters. The lowest BCUT2D eigenvalue weighted by atomic mass is 9.89. The molecule has 9 heteroatoms. The summed E-state index contributed by atoms with van der Waals surface area (Å²) in [6.07, 6.45) is 3.29. The highest BCUT2D eigenvalue weighted by atomic mass is 16.5. The Morgan fingerprint density at radius 3 is 2.24 bits per heavy atom. The van der Waals surface area contributed by atoms with Gasteiger partial charge >= 0.3 is 0 Å². The molecule has 3 aromatic rings. The van der Waals surface area contributed by atoms with Gasteiger partial charge in [0, 0.05) is 26.1 Å². The molecule has 5 rings (SSSR count). The zero-order valence-corrected chi connectivity index (χ0v) is 26.5. The standard InChI is InChI=1S/C37H44N4O5/c1-2-3-20-40-23-24-46-33-17-11-10-16-30(33)35(43)39-32(26-34(42)38-31(36(40)44)25-27-12-6-4-7-13-27)37(45)41-21-18-29(19-22-41)28-14-8-5-9-15-28/h4-17,29,31-32H,2-3,18-26H2,1H3,(H,38,42)(H,39,43)/t31-,32-/m0/s1. The van der Waals surface area contributed by atoms with Crippen LogP contribution in [0.25, 0.3) is 0 Å². The Bertz CT molecular complexity index is 1470. The van der Waals surface area contributed by atoms with Crippen molar-refractivity contribution in [1.29, 1.82) is 0 Å². The van der Waals surface area contributed by atoms with Gasteiger partial charge in [0.25, 0.3) is 5.91 Å². The fraction of sp³-hybridized carbons (Fsp3) is 0.405. The molecule has 2 aliphatic rings. The van der Waals surface area contributed by atoms with Crippen LogP contribution in [0.1, 0.15) is 66.4 Å². The number of benzene rings is 3. The molecule has 1 saturated heterocycles. The first-order valence-electron chi connectivity index (χ1n) is 16.4. The molecule has 0 aliphatic carbocycles. The highest BCUT2D eigenvalue weighted by Crippen LogP contribution is 2.28. The number of piperidine rings is 1. The zero-order valence-electron chi connectivity index (χ0n) is 26.5. The molecule has 2 N–H and O–H groups in total. The molecule has 0 bridgehead atoms. The van der Waals surface area contributed by atoms with Crippen LogP contribution in [-0.2, 0) is 20.8 Å². The number of carbonyl (C=O) groups is 4. The minimum absolute atomic E-state index is 0.171. The molecule has 4 amide bonds. The maximum atomic E-state index is 14.0. The van der Waals surface area contributed by atoms with Crippen molar-refractivity contribution >= 4 is 23.6 Å². The number of rotatable bonds is 7. The summed E-state index contributed by atoms with van der Waals surface area (Å²) in [5.41, 5.74) is 2.43. The molecular formula is C37H44N4O5. The fourth-order valence-electron chi connectivity index (χ4n) is 6.25. The molecule has 46 heavy (non-hydrogen) atoms. The van der Waals surface area contributed by atoms with Crippen molar-refractivity contribution in [2.75, 3.05) is 32.8 Å². The van der Waals surface area contributed by atoms with Crippen molar-refractivity contribution in [2.24, 2.45) is 0 Å². The number of para-hydroxylation sites is 1. The lowest BCUT2D eigenvalue weighted by Gasteiger charge is -2.35. The number of likely N-dealkylation sites (tertiary alicyclic amines) is 1. The van der Waals surface area contributed by atoms with Gasteiger partial charge in [0.15, 0.2) is 0 Å². The molecule has 0 saturated carbocycles. The average molecular weight is 625 g/mol. The second kappa shape index (κ2) is 16.1. The number of hydrogen-bond donors (Lipinski definition) is 2. The first-order valence-corrected chi connectivity index (χ1v) is 16.4. The summed E-state index contributed by atoms with van der Waals surface area (Å²) in [6.45, 7) is 4.09. The third kappa shape index (κ3) is 8.53. The second-order valence-corrected chi connectivity index (χ2v) is 12.1. The zero-order chi connectivity index (χ0) is 32.3. The summed E-state index contributed by atoms with van der Waals surface area (Å²) in [6, 6.07) is 24.7. The number of amides is 4. The van der Waals surface area contributed by atoms with Gasteiger partial charge < -0.3 is 25.2 Å². The molecule has 0 radical (unpaired) electrons. The number of nitrogens with zero attached hydrogens (tertiary/aromatic N) is 2. The van der Waals surface area contributed by atoms with E-state index < -0.39 is 23.9 Å². The van der Waals surface area contributed by atoms with Crippen LogP contribution in [0.2, 0.25) is 0 Å². The van der Waals surface area contributed by atoms with Crippen molar-refractivity contribution in [3.63, 3.8) is 0 Å². The van der Waals surface area contributed by atoms with Crippen molar-refractivity contribution < 1.29 is 23.9 Å². The van der Waals surface area contributed by atoms with Crippen molar-refractivity contribution in [3.05, 3.63) is 102 Å². The number of carbonyl (C=O) groups excluding carboxylic acids is 4. The monoisotopic (exact) mass is 624 g/mol. The smallest absolute Gasteiger partial charge is 0.255 e. The molecule has 3 aromatic carbocycles. The van der Waals surface area contributed by atoms with E-state index in [1.165, 1.54) is 5.56 Å². The molecule has 2 heterocycles. The average Bonchev–Trinajstić information content (AvgIpc) is 3.09. The molecule has 9 nitrogen and oxygen atoms in total. The molecule has 2 aliphatic heterocycles. The number of unbranched alkanes of at least 4 members (excludes halogenated alkanes) is 1. The predicted octanol–water partition coefficient (Wildman–Crippen LogP) is 4.33. The van der Waals surface area contributed by atoms with Gasteiger partial charge in [0.1, 0.15) is 24.4 Å². The van der Waals surface area contributed by atoms with Gasteiger partial charge in [-0.2, -0.15) is 0 Å². The maximum Gasteiger partial charge on any atom is 0.255 e. The van der Waals surface area contributed by atoms with Crippen LogP contribution in [0, 0.1) is 0 Å². The van der Waals surface area contributed by atoms with Crippen LogP contribution in [0.5, 0.6) is 5.75 Å². The van der Waals surface area contributed by atoms with Crippen LogP contribution < -0.4 is 15.4 Å². The molecule has 2 atom stereocenters. The normalized spacial score (nSPS) is 20.2. The molecule has 0 aromatic heterocycles. The lowest BCUT2D eigenvalue weighted by Crippen LogP contribution is -2.55. The van der Waals surface area contributed by atoms with Gasteiger partial charge in [-0.1, -0.05) is 86.1 Å². The predicted molar refractivity (Wildman–Crippen MR) is 176 cm³/mol. The van der Waals surface area contributed by atoms with Crippen LogP contribution in [0.3, 0.4) is 0 Å². The Kier molecular flexibility index (Phi) is 11.4. The van der Waals surface area contributed by atoms with Gasteiger partial charge in [0.05, 0.1) is 18.5 Å². The lowest BCUT2D eigenvalue weighted by molar-refractivity contribution is -0.138. The third-order valence-corrected chi connectivity index (χ3v) is 8.83. The summed E-state index contributed by atoms with van der Waals surface area (Å²) in [4.78, 5) is 58.7. The Labute approximate surface area is 271 Å². The minimum atomic E-state index is -1.11. The van der Waals surface area contributed by atoms with E-state index in [9.17, 15) is 19.2 Å². The van der Waals surface area contributed by atoms with Gasteiger partial charge in [0.2, 0.25) is 17.7 Å². The van der Waals surface area contributed by atoms with Crippen molar-refractivity contribution in [3.8, 4) is 5.75 Å². The summed E-state index contributed by atoms with van der Waals surface area (Å²) in [5.74, 6) is -0.760. The minimum Gasteiger partial charge on any atom is -0.491 e. The fourth-order valence-corrected chi connectivity index (χ4v) is 6.25.